The van der Waals surface area contributed by atoms with Gasteiger partial charge in [-0.25, -0.2) is 9.79 Å². The normalized spacial score (nSPS) is 15.3. The van der Waals surface area contributed by atoms with Crippen molar-refractivity contribution in [3.8, 4) is 5.75 Å². The molecule has 0 radical (unpaired) electrons. The van der Waals surface area contributed by atoms with Crippen LogP contribution in [0.2, 0.25) is 5.02 Å². The number of ether oxygens (including phenoxy) is 2. The Kier molecular flexibility index (Phi) is 8.24. The van der Waals surface area contributed by atoms with E-state index in [2.05, 4.69) is 6.92 Å². The zero-order valence-electron chi connectivity index (χ0n) is 22.9. The molecule has 4 aromatic rings. The fourth-order valence-corrected chi connectivity index (χ4v) is 6.13. The van der Waals surface area contributed by atoms with Gasteiger partial charge in [0.05, 0.1) is 28.5 Å². The largest absolute Gasteiger partial charge is 0.493 e. The number of hydrogen-bond acceptors (Lipinski definition) is 6. The number of rotatable bonds is 8. The first-order valence-electron chi connectivity index (χ1n) is 13.4. The SMILES string of the molecule is CCCCOc1ccc2ccccc2c1C=c1sc2n(c1=O)C(c1ccccc1Cl)C(C(=O)OC(C)C)=C(C)N=2. The predicted molar refractivity (Wildman–Crippen MR) is 161 cm³/mol. The third-order valence-electron chi connectivity index (χ3n) is 6.75. The summed E-state index contributed by atoms with van der Waals surface area (Å²) in [5.74, 6) is 0.203. The minimum absolute atomic E-state index is 0.261. The molecule has 0 saturated carbocycles. The van der Waals surface area contributed by atoms with Crippen LogP contribution in [0.4, 0.5) is 0 Å². The molecule has 0 bridgehead atoms. The minimum atomic E-state index is -0.772. The van der Waals surface area contributed by atoms with Crippen molar-refractivity contribution >= 4 is 45.8 Å². The summed E-state index contributed by atoms with van der Waals surface area (Å²) in [6.07, 6.45) is 3.50. The first-order chi connectivity index (χ1) is 19.3. The highest BCUT2D eigenvalue weighted by Crippen LogP contribution is 2.35. The smallest absolute Gasteiger partial charge is 0.338 e. The molecule has 206 valence electrons. The average molecular weight is 575 g/mol. The zero-order chi connectivity index (χ0) is 28.4. The van der Waals surface area contributed by atoms with Gasteiger partial charge in [-0.15, -0.1) is 0 Å². The number of unbranched alkanes of at least 4 members (excludes halogenated alkanes) is 1. The molecular formula is C32H31ClN2O4S. The van der Waals surface area contributed by atoms with Crippen molar-refractivity contribution < 1.29 is 14.3 Å². The number of nitrogens with zero attached hydrogens (tertiary/aromatic N) is 2. The van der Waals surface area contributed by atoms with Gasteiger partial charge in [0.1, 0.15) is 11.8 Å². The molecule has 6 nitrogen and oxygen atoms in total. The van der Waals surface area contributed by atoms with E-state index >= 15 is 0 Å². The summed E-state index contributed by atoms with van der Waals surface area (Å²) in [6, 6.07) is 18.5. The molecule has 40 heavy (non-hydrogen) atoms. The molecule has 8 heteroatoms. The van der Waals surface area contributed by atoms with Gasteiger partial charge in [-0.2, -0.15) is 0 Å². The van der Waals surface area contributed by atoms with E-state index in [0.29, 0.717) is 37.8 Å². The highest BCUT2D eigenvalue weighted by molar-refractivity contribution is 7.07. The minimum Gasteiger partial charge on any atom is -0.493 e. The van der Waals surface area contributed by atoms with Gasteiger partial charge in [0.25, 0.3) is 5.56 Å². The molecule has 0 saturated heterocycles. The predicted octanol–water partition coefficient (Wildman–Crippen LogP) is 6.17. The van der Waals surface area contributed by atoms with Gasteiger partial charge < -0.3 is 9.47 Å². The number of aromatic nitrogens is 1. The van der Waals surface area contributed by atoms with Crippen LogP contribution in [0, 0.1) is 0 Å². The Morgan fingerprint density at radius 1 is 1.12 bits per heavy atom. The van der Waals surface area contributed by atoms with E-state index in [1.165, 1.54) is 11.3 Å². The van der Waals surface area contributed by atoms with Crippen LogP contribution in [-0.4, -0.2) is 23.2 Å². The molecule has 0 fully saturated rings. The number of fused-ring (bicyclic) bond motifs is 2. The van der Waals surface area contributed by atoms with E-state index < -0.39 is 12.0 Å². The Bertz CT molecular complexity index is 1800. The lowest BCUT2D eigenvalue weighted by atomic mass is 9.96. The van der Waals surface area contributed by atoms with Gasteiger partial charge in [0.15, 0.2) is 4.80 Å². The first-order valence-corrected chi connectivity index (χ1v) is 14.6. The van der Waals surface area contributed by atoms with Gasteiger partial charge in [-0.1, -0.05) is 84.8 Å². The van der Waals surface area contributed by atoms with E-state index in [4.69, 9.17) is 26.1 Å². The number of hydrogen-bond donors (Lipinski definition) is 0. The molecule has 0 aliphatic carbocycles. The van der Waals surface area contributed by atoms with E-state index in [0.717, 1.165) is 34.9 Å². The number of allylic oxidation sites excluding steroid dienone is 1. The number of esters is 1. The molecule has 1 unspecified atom stereocenters. The van der Waals surface area contributed by atoms with E-state index in [1.807, 2.05) is 60.7 Å². The van der Waals surface area contributed by atoms with Crippen LogP contribution in [0.3, 0.4) is 0 Å². The second-order valence-corrected chi connectivity index (χ2v) is 11.4. The maximum atomic E-state index is 14.1. The van der Waals surface area contributed by atoms with Crippen molar-refractivity contribution in [2.24, 2.45) is 4.99 Å². The summed E-state index contributed by atoms with van der Waals surface area (Å²) >= 11 is 7.92. The van der Waals surface area contributed by atoms with Crippen LogP contribution in [-0.2, 0) is 9.53 Å². The Morgan fingerprint density at radius 3 is 2.62 bits per heavy atom. The molecule has 3 aromatic carbocycles. The van der Waals surface area contributed by atoms with Crippen LogP contribution >= 0.6 is 22.9 Å². The Hall–Kier alpha value is -3.68. The molecule has 0 N–H and O–H groups in total. The van der Waals surface area contributed by atoms with Crippen molar-refractivity contribution in [1.82, 2.24) is 4.57 Å². The second-order valence-electron chi connectivity index (χ2n) is 9.96. The van der Waals surface area contributed by atoms with Gasteiger partial charge in [-0.3, -0.25) is 9.36 Å². The number of thiazole rings is 1. The first kappa shape index (κ1) is 27.9. The van der Waals surface area contributed by atoms with Crippen molar-refractivity contribution in [2.45, 2.75) is 52.7 Å². The summed E-state index contributed by atoms with van der Waals surface area (Å²) in [4.78, 5) is 32.7. The Morgan fingerprint density at radius 2 is 1.88 bits per heavy atom. The van der Waals surface area contributed by atoms with Crippen LogP contribution < -0.4 is 19.6 Å². The fraction of sp³-hybridized carbons (Fsp3) is 0.281. The molecule has 1 aliphatic rings. The number of carbonyl (C=O) groups excluding carboxylic acids is 1. The maximum absolute atomic E-state index is 14.1. The number of carbonyl (C=O) groups is 1. The molecule has 0 amide bonds. The van der Waals surface area contributed by atoms with E-state index in [9.17, 15) is 9.59 Å². The zero-order valence-corrected chi connectivity index (χ0v) is 24.5. The van der Waals surface area contributed by atoms with Crippen LogP contribution in [0.25, 0.3) is 16.8 Å². The standard InChI is InChI=1S/C32H31ClN2O4S/c1-5-6-17-38-26-16-15-21-11-7-8-12-22(21)24(26)18-27-30(36)35-29(23-13-9-10-14-25(23)33)28(31(37)39-19(2)3)20(4)34-32(35)40-27/h7-16,18-19,29H,5-6,17H2,1-4H3. The average Bonchev–Trinajstić information content (AvgIpc) is 3.23. The third kappa shape index (κ3) is 5.36. The monoisotopic (exact) mass is 574 g/mol. The highest BCUT2D eigenvalue weighted by Gasteiger charge is 2.34. The maximum Gasteiger partial charge on any atom is 0.338 e. The van der Waals surface area contributed by atoms with Gasteiger partial charge >= 0.3 is 5.97 Å². The highest BCUT2D eigenvalue weighted by atomic mass is 35.5. The fourth-order valence-electron chi connectivity index (χ4n) is 4.86. The van der Waals surface area contributed by atoms with Crippen molar-refractivity contribution in [1.29, 1.82) is 0 Å². The van der Waals surface area contributed by atoms with Gasteiger partial charge in [0.2, 0.25) is 0 Å². The van der Waals surface area contributed by atoms with Gasteiger partial charge in [-0.05, 0) is 61.7 Å². The second kappa shape index (κ2) is 11.8. The quantitative estimate of drug-likeness (QED) is 0.186. The van der Waals surface area contributed by atoms with Crippen LogP contribution in [0.15, 0.2) is 81.7 Å². The molecule has 2 heterocycles. The summed E-state index contributed by atoms with van der Waals surface area (Å²) in [5, 5.41) is 2.49. The molecule has 1 aliphatic heterocycles. The molecule has 5 rings (SSSR count). The van der Waals surface area contributed by atoms with Crippen molar-refractivity contribution in [3.05, 3.63) is 108 Å². The molecular weight excluding hydrogens is 544 g/mol. The lowest BCUT2D eigenvalue weighted by molar-refractivity contribution is -0.143. The molecule has 0 spiro atoms. The van der Waals surface area contributed by atoms with Crippen molar-refractivity contribution in [2.75, 3.05) is 6.61 Å². The summed E-state index contributed by atoms with van der Waals surface area (Å²) < 4.78 is 13.8. The Labute approximate surface area is 241 Å². The summed E-state index contributed by atoms with van der Waals surface area (Å²) in [5.41, 5.74) is 2.01. The van der Waals surface area contributed by atoms with Crippen LogP contribution in [0.5, 0.6) is 5.75 Å². The Balaban J connectivity index is 1.75. The van der Waals surface area contributed by atoms with Crippen LogP contribution in [0.1, 0.15) is 57.7 Å². The lowest BCUT2D eigenvalue weighted by Crippen LogP contribution is -2.40. The van der Waals surface area contributed by atoms with E-state index in [-0.39, 0.29) is 11.7 Å². The van der Waals surface area contributed by atoms with E-state index in [1.54, 1.807) is 31.4 Å². The van der Waals surface area contributed by atoms with Gasteiger partial charge in [0, 0.05) is 10.6 Å². The number of halogens is 1. The summed E-state index contributed by atoms with van der Waals surface area (Å²) in [6.45, 7) is 8.05. The molecule has 1 aromatic heterocycles. The third-order valence-corrected chi connectivity index (χ3v) is 8.07. The molecule has 1 atom stereocenters. The van der Waals surface area contributed by atoms with Crippen molar-refractivity contribution in [3.63, 3.8) is 0 Å². The lowest BCUT2D eigenvalue weighted by Gasteiger charge is -2.26. The summed E-state index contributed by atoms with van der Waals surface area (Å²) in [7, 11) is 0. The number of benzene rings is 3. The topological polar surface area (TPSA) is 69.9 Å².